The first kappa shape index (κ1) is 19.5. The van der Waals surface area contributed by atoms with Gasteiger partial charge in [-0.1, -0.05) is 19.1 Å². The largest absolute Gasteiger partial charge is 0.488 e. The predicted molar refractivity (Wildman–Crippen MR) is 116 cm³/mol. The van der Waals surface area contributed by atoms with Crippen LogP contribution in [0.5, 0.6) is 5.75 Å². The second-order valence-corrected chi connectivity index (χ2v) is 8.64. The average Bonchev–Trinajstić information content (AvgIpc) is 3.26. The van der Waals surface area contributed by atoms with Gasteiger partial charge in [-0.15, -0.1) is 0 Å². The summed E-state index contributed by atoms with van der Waals surface area (Å²) < 4.78 is 6.34. The molecule has 156 valence electrons. The average molecular weight is 412 g/mol. The van der Waals surface area contributed by atoms with Gasteiger partial charge in [0.05, 0.1) is 29.5 Å². The molecule has 31 heavy (non-hydrogen) atoms. The van der Waals surface area contributed by atoms with Crippen molar-refractivity contribution in [2.24, 2.45) is 23.5 Å². The maximum absolute atomic E-state index is 12.0. The van der Waals surface area contributed by atoms with Gasteiger partial charge < -0.3 is 10.5 Å². The van der Waals surface area contributed by atoms with Crippen LogP contribution in [0.15, 0.2) is 48.7 Å². The third-order valence-electron chi connectivity index (χ3n) is 7.02. The standard InChI is InChI=1S/C25H24N4O2/c1-2-16(19-9-14(12-26)7-8-17(19)25(27)30)24-20-10-15(11-21(20)24)31-23-13-28-29-22-6-4-3-5-18(22)23/h3-9,13,15-16,20-21,24H,2,10-11H2,1H3,(H2,27,30)/t15?,16-,20+,21+,24?/m1/s1. The lowest BCUT2D eigenvalue weighted by Gasteiger charge is -2.23. The van der Waals surface area contributed by atoms with Crippen LogP contribution in [0.3, 0.4) is 0 Å². The number of fused-ring (bicyclic) bond motifs is 2. The highest BCUT2D eigenvalue weighted by Crippen LogP contribution is 2.64. The first-order chi connectivity index (χ1) is 15.1. The molecule has 0 spiro atoms. The van der Waals surface area contributed by atoms with Gasteiger partial charge in [-0.05, 0) is 78.8 Å². The molecule has 1 amide bonds. The molecule has 3 aromatic rings. The number of primary amides is 1. The van der Waals surface area contributed by atoms with Crippen LogP contribution in [-0.4, -0.2) is 22.2 Å². The Morgan fingerprint density at radius 1 is 1.26 bits per heavy atom. The summed E-state index contributed by atoms with van der Waals surface area (Å²) in [7, 11) is 0. The van der Waals surface area contributed by atoms with Crippen molar-refractivity contribution in [2.75, 3.05) is 0 Å². The number of rotatable bonds is 6. The summed E-state index contributed by atoms with van der Waals surface area (Å²) in [4.78, 5) is 12.0. The summed E-state index contributed by atoms with van der Waals surface area (Å²) in [5.41, 5.74) is 8.51. The summed E-state index contributed by atoms with van der Waals surface area (Å²) in [6, 6.07) is 15.3. The van der Waals surface area contributed by atoms with Gasteiger partial charge in [0.15, 0.2) is 0 Å². The molecule has 2 N–H and O–H groups in total. The Morgan fingerprint density at radius 3 is 2.74 bits per heavy atom. The fraction of sp³-hybridized carbons (Fsp3) is 0.360. The van der Waals surface area contributed by atoms with E-state index in [1.807, 2.05) is 30.3 Å². The number of carbonyl (C=O) groups is 1. The Kier molecular flexibility index (Phi) is 4.82. The lowest BCUT2D eigenvalue weighted by Crippen LogP contribution is -2.20. The third-order valence-corrected chi connectivity index (χ3v) is 7.02. The molecule has 5 rings (SSSR count). The fourth-order valence-electron chi connectivity index (χ4n) is 5.65. The summed E-state index contributed by atoms with van der Waals surface area (Å²) in [6.45, 7) is 2.14. The van der Waals surface area contributed by atoms with Crippen molar-refractivity contribution in [3.63, 3.8) is 0 Å². The van der Waals surface area contributed by atoms with Gasteiger partial charge in [0.2, 0.25) is 5.91 Å². The van der Waals surface area contributed by atoms with Gasteiger partial charge >= 0.3 is 0 Å². The normalized spacial score (nSPS) is 23.2. The van der Waals surface area contributed by atoms with Crippen LogP contribution in [0.25, 0.3) is 10.9 Å². The van der Waals surface area contributed by atoms with E-state index in [2.05, 4.69) is 23.2 Å². The highest BCUT2D eigenvalue weighted by atomic mass is 16.5. The molecule has 2 aromatic carbocycles. The summed E-state index contributed by atoms with van der Waals surface area (Å²) >= 11 is 0. The first-order valence-electron chi connectivity index (χ1n) is 10.8. The molecular weight excluding hydrogens is 388 g/mol. The minimum atomic E-state index is -0.429. The van der Waals surface area contributed by atoms with Crippen molar-refractivity contribution in [1.82, 2.24) is 10.2 Å². The van der Waals surface area contributed by atoms with Gasteiger partial charge in [-0.3, -0.25) is 4.79 Å². The Morgan fingerprint density at radius 2 is 2.03 bits per heavy atom. The number of aromatic nitrogens is 2. The zero-order valence-corrected chi connectivity index (χ0v) is 17.4. The molecule has 6 heteroatoms. The Labute approximate surface area is 181 Å². The zero-order valence-electron chi connectivity index (χ0n) is 17.4. The lowest BCUT2D eigenvalue weighted by molar-refractivity contribution is 0.0998. The smallest absolute Gasteiger partial charge is 0.248 e. The van der Waals surface area contributed by atoms with E-state index in [1.165, 1.54) is 0 Å². The summed E-state index contributed by atoms with van der Waals surface area (Å²) in [5.74, 6) is 2.24. The predicted octanol–water partition coefficient (Wildman–Crippen LogP) is 4.20. The van der Waals surface area contributed by atoms with Crippen molar-refractivity contribution in [3.8, 4) is 11.8 Å². The van der Waals surface area contributed by atoms with Crippen LogP contribution < -0.4 is 10.5 Å². The van der Waals surface area contributed by atoms with Crippen molar-refractivity contribution < 1.29 is 9.53 Å². The summed E-state index contributed by atoms with van der Waals surface area (Å²) in [6.07, 6.45) is 4.76. The minimum Gasteiger partial charge on any atom is -0.488 e. The van der Waals surface area contributed by atoms with E-state index in [-0.39, 0.29) is 12.0 Å². The van der Waals surface area contributed by atoms with Gasteiger partial charge in [-0.2, -0.15) is 15.5 Å². The molecule has 0 bridgehead atoms. The number of carbonyl (C=O) groups excluding carboxylic acids is 1. The van der Waals surface area contributed by atoms with Crippen molar-refractivity contribution >= 4 is 16.8 Å². The van der Waals surface area contributed by atoms with Crippen molar-refractivity contribution in [2.45, 2.75) is 38.2 Å². The number of nitrogens with zero attached hydrogens (tertiary/aromatic N) is 3. The number of benzene rings is 2. The van der Waals surface area contributed by atoms with E-state index in [9.17, 15) is 10.1 Å². The monoisotopic (exact) mass is 412 g/mol. The van der Waals surface area contributed by atoms with Crippen LogP contribution >= 0.6 is 0 Å². The molecule has 0 radical (unpaired) electrons. The molecular formula is C25H24N4O2. The SMILES string of the molecule is CC[C@H](c1cc(C#N)ccc1C(N)=O)C1[C@H]2CC(Oc3cnnc4ccccc34)C[C@H]12. The van der Waals surface area contributed by atoms with Gasteiger partial charge in [0.25, 0.3) is 0 Å². The van der Waals surface area contributed by atoms with Crippen molar-refractivity contribution in [1.29, 1.82) is 5.26 Å². The van der Waals surface area contributed by atoms with E-state index in [0.717, 1.165) is 41.5 Å². The van der Waals surface area contributed by atoms with Crippen LogP contribution in [-0.2, 0) is 0 Å². The highest BCUT2D eigenvalue weighted by molar-refractivity contribution is 5.94. The molecule has 2 fully saturated rings. The van der Waals surface area contributed by atoms with Crippen LogP contribution in [0.4, 0.5) is 0 Å². The highest BCUT2D eigenvalue weighted by Gasteiger charge is 2.59. The third kappa shape index (κ3) is 3.40. The quantitative estimate of drug-likeness (QED) is 0.654. The number of ether oxygens (including phenoxy) is 1. The maximum Gasteiger partial charge on any atom is 0.248 e. The van der Waals surface area contributed by atoms with Crippen molar-refractivity contribution in [3.05, 3.63) is 65.4 Å². The Hall–Kier alpha value is -3.46. The zero-order chi connectivity index (χ0) is 21.5. The van der Waals surface area contributed by atoms with E-state index in [4.69, 9.17) is 10.5 Å². The second kappa shape index (κ2) is 7.66. The molecule has 2 aliphatic carbocycles. The molecule has 6 nitrogen and oxygen atoms in total. The van der Waals surface area contributed by atoms with Gasteiger partial charge in [-0.25, -0.2) is 0 Å². The number of nitriles is 1. The molecule has 2 saturated carbocycles. The Bertz CT molecular complexity index is 1180. The number of hydrogen-bond acceptors (Lipinski definition) is 5. The molecule has 1 heterocycles. The van der Waals surface area contributed by atoms with Crippen LogP contribution in [0.1, 0.15) is 53.6 Å². The number of hydrogen-bond donors (Lipinski definition) is 1. The van der Waals surface area contributed by atoms with E-state index >= 15 is 0 Å². The number of amides is 1. The molecule has 1 aromatic heterocycles. The van der Waals surface area contributed by atoms with E-state index in [1.54, 1.807) is 18.3 Å². The van der Waals surface area contributed by atoms with E-state index in [0.29, 0.717) is 28.9 Å². The van der Waals surface area contributed by atoms with Crippen LogP contribution in [0.2, 0.25) is 0 Å². The molecule has 0 unspecified atom stereocenters. The topological polar surface area (TPSA) is 102 Å². The fourth-order valence-corrected chi connectivity index (χ4v) is 5.65. The summed E-state index contributed by atoms with van der Waals surface area (Å²) in [5, 5.41) is 18.6. The maximum atomic E-state index is 12.0. The Balaban J connectivity index is 1.33. The molecule has 0 aliphatic heterocycles. The van der Waals surface area contributed by atoms with Gasteiger partial charge in [0.1, 0.15) is 5.75 Å². The second-order valence-electron chi connectivity index (χ2n) is 8.64. The van der Waals surface area contributed by atoms with Crippen LogP contribution in [0, 0.1) is 29.1 Å². The molecule has 2 aliphatic rings. The molecule has 3 atom stereocenters. The lowest BCUT2D eigenvalue weighted by atomic mass is 9.84. The van der Waals surface area contributed by atoms with Gasteiger partial charge in [0, 0.05) is 10.9 Å². The van der Waals surface area contributed by atoms with E-state index < -0.39 is 5.91 Å². The molecule has 0 saturated heterocycles. The minimum absolute atomic E-state index is 0.164. The first-order valence-corrected chi connectivity index (χ1v) is 10.8. The number of nitrogens with two attached hydrogens (primary N) is 1.